The molecule has 0 aliphatic heterocycles. The molecule has 0 rings (SSSR count). The van der Waals surface area contributed by atoms with Gasteiger partial charge in [0.15, 0.2) is 0 Å². The van der Waals surface area contributed by atoms with Gasteiger partial charge < -0.3 is 20.3 Å². The standard InChI is InChI=1S/C65H125NO5/c1-3-5-7-9-11-13-15-17-34-37-41-45-49-53-57-63(68)62(61-67)66-64(69)58-54-50-46-42-38-35-31-29-27-25-23-21-19-18-20-22-24-26-28-30-32-36-40-44-48-52-56-60-71-65(70)59-55-51-47-43-39-33-16-14-12-10-8-6-4-2/h18-19,53,57,62-63,67-68H,3-17,20-52,54-56,58-61H2,1-2H3,(H,66,69)/b19-18-,57-53+. The first-order valence-corrected chi connectivity index (χ1v) is 32.1. The van der Waals surface area contributed by atoms with Gasteiger partial charge in [0.2, 0.25) is 5.91 Å². The van der Waals surface area contributed by atoms with Gasteiger partial charge >= 0.3 is 5.97 Å². The second kappa shape index (κ2) is 60.9. The second-order valence-electron chi connectivity index (χ2n) is 22.1. The number of amides is 1. The molecule has 0 spiro atoms. The van der Waals surface area contributed by atoms with Crippen LogP contribution in [0.3, 0.4) is 0 Å². The number of aliphatic hydroxyl groups is 2. The molecule has 0 radical (unpaired) electrons. The van der Waals surface area contributed by atoms with E-state index in [-0.39, 0.29) is 18.5 Å². The lowest BCUT2D eigenvalue weighted by atomic mass is 10.0. The molecule has 0 aromatic heterocycles. The lowest BCUT2D eigenvalue weighted by Crippen LogP contribution is -2.45. The quantitative estimate of drug-likeness (QED) is 0.0320. The van der Waals surface area contributed by atoms with E-state index < -0.39 is 12.1 Å². The summed E-state index contributed by atoms with van der Waals surface area (Å²) in [5, 5.41) is 23.1. The summed E-state index contributed by atoms with van der Waals surface area (Å²) in [6.07, 6.45) is 75.2. The number of allylic oxidation sites excluding steroid dienone is 3. The Kier molecular flexibility index (Phi) is 59.5. The summed E-state index contributed by atoms with van der Waals surface area (Å²) in [6, 6.07) is -0.627. The van der Waals surface area contributed by atoms with Gasteiger partial charge in [-0.25, -0.2) is 0 Å². The Morgan fingerprint density at radius 1 is 0.380 bits per heavy atom. The molecule has 2 unspecified atom stereocenters. The second-order valence-corrected chi connectivity index (χ2v) is 22.1. The normalized spacial score (nSPS) is 12.7. The lowest BCUT2D eigenvalue weighted by molar-refractivity contribution is -0.143. The number of carbonyl (C=O) groups excluding carboxylic acids is 2. The first-order valence-electron chi connectivity index (χ1n) is 32.1. The van der Waals surface area contributed by atoms with E-state index in [0.717, 1.165) is 38.5 Å². The molecule has 3 N–H and O–H groups in total. The Labute approximate surface area is 443 Å². The molecule has 0 heterocycles. The van der Waals surface area contributed by atoms with Crippen LogP contribution < -0.4 is 5.32 Å². The Morgan fingerprint density at radius 2 is 0.662 bits per heavy atom. The summed E-state index contributed by atoms with van der Waals surface area (Å²) in [5.74, 6) is -0.0508. The number of aliphatic hydroxyl groups excluding tert-OH is 2. The van der Waals surface area contributed by atoms with E-state index in [9.17, 15) is 19.8 Å². The highest BCUT2D eigenvalue weighted by Crippen LogP contribution is 2.18. The van der Waals surface area contributed by atoms with Crippen molar-refractivity contribution in [3.63, 3.8) is 0 Å². The number of carbonyl (C=O) groups is 2. The van der Waals surface area contributed by atoms with Gasteiger partial charge in [-0.3, -0.25) is 9.59 Å². The fourth-order valence-electron chi connectivity index (χ4n) is 10.0. The minimum absolute atomic E-state index is 0.0166. The molecule has 0 fully saturated rings. The Morgan fingerprint density at radius 3 is 1.00 bits per heavy atom. The average Bonchev–Trinajstić information content (AvgIpc) is 3.37. The van der Waals surface area contributed by atoms with E-state index in [2.05, 4.69) is 31.3 Å². The van der Waals surface area contributed by atoms with Crippen LogP contribution in [0.25, 0.3) is 0 Å². The van der Waals surface area contributed by atoms with Crippen LogP contribution >= 0.6 is 0 Å². The van der Waals surface area contributed by atoms with E-state index in [1.165, 1.54) is 289 Å². The predicted molar refractivity (Wildman–Crippen MR) is 310 cm³/mol. The number of nitrogens with one attached hydrogen (secondary N) is 1. The zero-order valence-corrected chi connectivity index (χ0v) is 48.0. The van der Waals surface area contributed by atoms with Crippen LogP contribution in [0.15, 0.2) is 24.3 Å². The third-order valence-electron chi connectivity index (χ3n) is 15.0. The van der Waals surface area contributed by atoms with Crippen LogP contribution in [-0.4, -0.2) is 47.4 Å². The Balaban J connectivity index is 3.39. The van der Waals surface area contributed by atoms with Crippen molar-refractivity contribution in [3.8, 4) is 0 Å². The van der Waals surface area contributed by atoms with Crippen LogP contribution in [0.5, 0.6) is 0 Å². The number of esters is 1. The molecule has 0 aliphatic rings. The van der Waals surface area contributed by atoms with E-state index in [4.69, 9.17) is 4.74 Å². The number of hydrogen-bond acceptors (Lipinski definition) is 5. The smallest absolute Gasteiger partial charge is 0.305 e. The molecule has 6 nitrogen and oxygen atoms in total. The molecule has 0 aromatic rings. The maximum atomic E-state index is 12.5. The summed E-state index contributed by atoms with van der Waals surface area (Å²) >= 11 is 0. The van der Waals surface area contributed by atoms with E-state index in [0.29, 0.717) is 19.4 Å². The third-order valence-corrected chi connectivity index (χ3v) is 15.0. The van der Waals surface area contributed by atoms with E-state index in [1.807, 2.05) is 6.08 Å². The Hall–Kier alpha value is -1.66. The highest BCUT2D eigenvalue weighted by molar-refractivity contribution is 5.76. The van der Waals surface area contributed by atoms with Crippen LogP contribution in [-0.2, 0) is 14.3 Å². The summed E-state index contributed by atoms with van der Waals surface area (Å²) in [6.45, 7) is 4.92. The van der Waals surface area contributed by atoms with Crippen molar-refractivity contribution in [1.82, 2.24) is 5.32 Å². The summed E-state index contributed by atoms with van der Waals surface area (Å²) < 4.78 is 5.48. The number of rotatable bonds is 60. The zero-order valence-electron chi connectivity index (χ0n) is 48.0. The molecule has 0 saturated carbocycles. The SMILES string of the molecule is CCCCCCCCCCCCCC/C=C/C(O)C(CO)NC(=O)CCCCCCCCCCCCC/C=C\CCCCCCCCCCCCCCOC(=O)CCCCCCCCCCCCCCC. The van der Waals surface area contributed by atoms with Gasteiger partial charge in [-0.15, -0.1) is 0 Å². The lowest BCUT2D eigenvalue weighted by Gasteiger charge is -2.20. The summed E-state index contributed by atoms with van der Waals surface area (Å²) in [4.78, 5) is 24.5. The van der Waals surface area contributed by atoms with Crippen LogP contribution in [0.1, 0.15) is 354 Å². The van der Waals surface area contributed by atoms with Gasteiger partial charge in [0.1, 0.15) is 0 Å². The van der Waals surface area contributed by atoms with Crippen molar-refractivity contribution in [2.45, 2.75) is 366 Å². The van der Waals surface area contributed by atoms with Crippen molar-refractivity contribution in [2.75, 3.05) is 13.2 Å². The van der Waals surface area contributed by atoms with Gasteiger partial charge in [0.25, 0.3) is 0 Å². The highest BCUT2D eigenvalue weighted by atomic mass is 16.5. The number of ether oxygens (including phenoxy) is 1. The molecule has 420 valence electrons. The monoisotopic (exact) mass is 1000 g/mol. The van der Waals surface area contributed by atoms with Crippen LogP contribution in [0.2, 0.25) is 0 Å². The maximum absolute atomic E-state index is 12.5. The molecule has 0 bridgehead atoms. The minimum Gasteiger partial charge on any atom is -0.466 e. The van der Waals surface area contributed by atoms with Gasteiger partial charge in [-0.05, 0) is 57.8 Å². The van der Waals surface area contributed by atoms with Gasteiger partial charge in [0, 0.05) is 12.8 Å². The third kappa shape index (κ3) is 57.5. The summed E-state index contributed by atoms with van der Waals surface area (Å²) in [5.41, 5.74) is 0. The minimum atomic E-state index is -0.844. The first kappa shape index (κ1) is 69.3. The van der Waals surface area contributed by atoms with Gasteiger partial charge in [-0.2, -0.15) is 0 Å². The van der Waals surface area contributed by atoms with Crippen molar-refractivity contribution < 1.29 is 24.5 Å². The molecule has 6 heteroatoms. The molecular formula is C65H125NO5. The molecule has 0 saturated heterocycles. The van der Waals surface area contributed by atoms with Crippen molar-refractivity contribution in [2.24, 2.45) is 0 Å². The van der Waals surface area contributed by atoms with E-state index in [1.54, 1.807) is 6.08 Å². The topological polar surface area (TPSA) is 95.9 Å². The molecule has 1 amide bonds. The van der Waals surface area contributed by atoms with Crippen molar-refractivity contribution in [3.05, 3.63) is 24.3 Å². The largest absolute Gasteiger partial charge is 0.466 e. The van der Waals surface area contributed by atoms with E-state index >= 15 is 0 Å². The highest BCUT2D eigenvalue weighted by Gasteiger charge is 2.18. The fourth-order valence-corrected chi connectivity index (χ4v) is 10.0. The van der Waals surface area contributed by atoms with Crippen LogP contribution in [0, 0.1) is 0 Å². The van der Waals surface area contributed by atoms with Crippen molar-refractivity contribution in [1.29, 1.82) is 0 Å². The fraction of sp³-hybridized carbons (Fsp3) is 0.908. The maximum Gasteiger partial charge on any atom is 0.305 e. The average molecular weight is 1000 g/mol. The Bertz CT molecular complexity index is 1110. The van der Waals surface area contributed by atoms with Gasteiger partial charge in [0.05, 0.1) is 25.4 Å². The molecule has 71 heavy (non-hydrogen) atoms. The number of hydrogen-bond donors (Lipinski definition) is 3. The molecular weight excluding hydrogens is 875 g/mol. The first-order chi connectivity index (χ1) is 35.0. The van der Waals surface area contributed by atoms with Crippen LogP contribution in [0.4, 0.5) is 0 Å². The van der Waals surface area contributed by atoms with Gasteiger partial charge in [-0.1, -0.05) is 308 Å². The predicted octanol–water partition coefficient (Wildman–Crippen LogP) is 20.2. The number of unbranched alkanes of at least 4 members (excludes halogenated alkanes) is 47. The van der Waals surface area contributed by atoms with Crippen molar-refractivity contribution >= 4 is 11.9 Å². The molecule has 0 aromatic carbocycles. The molecule has 0 aliphatic carbocycles. The summed E-state index contributed by atoms with van der Waals surface area (Å²) in [7, 11) is 0. The molecule has 2 atom stereocenters. The zero-order chi connectivity index (χ0) is 51.4.